The van der Waals surface area contributed by atoms with Crippen LogP contribution in [0.25, 0.3) is 16.5 Å². The predicted molar refractivity (Wildman–Crippen MR) is 70.6 cm³/mol. The first-order valence-electron chi connectivity index (χ1n) is 5.46. The predicted octanol–water partition coefficient (Wildman–Crippen LogP) is 3.76. The van der Waals surface area contributed by atoms with Gasteiger partial charge in [-0.2, -0.15) is 5.10 Å². The van der Waals surface area contributed by atoms with Crippen molar-refractivity contribution >= 4 is 22.4 Å². The van der Waals surface area contributed by atoms with Crippen LogP contribution in [0.3, 0.4) is 0 Å². The zero-order valence-corrected chi connectivity index (χ0v) is 9.93. The molecule has 0 radical (unpaired) electrons. The Bertz CT molecular complexity index is 644. The van der Waals surface area contributed by atoms with Crippen molar-refractivity contribution in [1.29, 1.82) is 0 Å². The second-order valence-electron chi connectivity index (χ2n) is 3.92. The van der Waals surface area contributed by atoms with Gasteiger partial charge >= 0.3 is 0 Å². The van der Waals surface area contributed by atoms with E-state index in [1.807, 2.05) is 23.0 Å². The lowest BCUT2D eigenvalue weighted by Crippen LogP contribution is -1.95. The molecular formula is C14H11ClN2. The van der Waals surface area contributed by atoms with Crippen LogP contribution in [-0.2, 0) is 5.88 Å². The first-order valence-corrected chi connectivity index (χ1v) is 5.99. The van der Waals surface area contributed by atoms with Crippen molar-refractivity contribution in [2.45, 2.75) is 5.88 Å². The normalized spacial score (nSPS) is 10.9. The van der Waals surface area contributed by atoms with Crippen LogP contribution in [0.15, 0.2) is 54.9 Å². The third-order valence-electron chi connectivity index (χ3n) is 2.83. The molecule has 3 rings (SSSR count). The van der Waals surface area contributed by atoms with E-state index in [0.717, 1.165) is 11.3 Å². The summed E-state index contributed by atoms with van der Waals surface area (Å²) in [5.41, 5.74) is 2.23. The molecule has 3 heteroatoms. The van der Waals surface area contributed by atoms with Crippen molar-refractivity contribution in [2.75, 3.05) is 0 Å². The van der Waals surface area contributed by atoms with Gasteiger partial charge in [0.05, 0.1) is 5.69 Å². The Morgan fingerprint density at radius 2 is 2.06 bits per heavy atom. The minimum atomic E-state index is 0.544. The van der Waals surface area contributed by atoms with Gasteiger partial charge in [0.1, 0.15) is 0 Å². The quantitative estimate of drug-likeness (QED) is 0.626. The van der Waals surface area contributed by atoms with Gasteiger partial charge in [-0.25, -0.2) is 4.68 Å². The van der Waals surface area contributed by atoms with Crippen LogP contribution < -0.4 is 0 Å². The maximum atomic E-state index is 5.85. The van der Waals surface area contributed by atoms with Gasteiger partial charge in [-0.15, -0.1) is 11.6 Å². The SMILES string of the molecule is ClCc1ccc2c(-n3cccn3)cccc2c1. The summed E-state index contributed by atoms with van der Waals surface area (Å²) in [7, 11) is 0. The van der Waals surface area contributed by atoms with Gasteiger partial charge in [-0.1, -0.05) is 24.3 Å². The minimum Gasteiger partial charge on any atom is -0.240 e. The summed E-state index contributed by atoms with van der Waals surface area (Å²) in [4.78, 5) is 0. The molecule has 0 bridgehead atoms. The van der Waals surface area contributed by atoms with E-state index in [4.69, 9.17) is 11.6 Å². The highest BCUT2D eigenvalue weighted by atomic mass is 35.5. The first kappa shape index (κ1) is 10.4. The van der Waals surface area contributed by atoms with Crippen molar-refractivity contribution in [2.24, 2.45) is 0 Å². The van der Waals surface area contributed by atoms with E-state index < -0.39 is 0 Å². The average molecular weight is 243 g/mol. The maximum absolute atomic E-state index is 5.85. The van der Waals surface area contributed by atoms with E-state index >= 15 is 0 Å². The first-order chi connectivity index (χ1) is 8.38. The highest BCUT2D eigenvalue weighted by Crippen LogP contribution is 2.23. The summed E-state index contributed by atoms with van der Waals surface area (Å²) in [6, 6.07) is 14.4. The van der Waals surface area contributed by atoms with Crippen LogP contribution in [0.5, 0.6) is 0 Å². The molecule has 0 unspecified atom stereocenters. The molecule has 0 aliphatic heterocycles. The van der Waals surface area contributed by atoms with E-state index in [9.17, 15) is 0 Å². The largest absolute Gasteiger partial charge is 0.240 e. The van der Waals surface area contributed by atoms with Gasteiger partial charge < -0.3 is 0 Å². The molecule has 0 saturated heterocycles. The van der Waals surface area contributed by atoms with E-state index in [0.29, 0.717) is 5.88 Å². The summed E-state index contributed by atoms with van der Waals surface area (Å²) in [5.74, 6) is 0.544. The summed E-state index contributed by atoms with van der Waals surface area (Å²) in [5, 5.41) is 6.65. The summed E-state index contributed by atoms with van der Waals surface area (Å²) in [6.07, 6.45) is 3.73. The molecule has 0 fully saturated rings. The Labute approximate surface area is 104 Å². The fourth-order valence-corrected chi connectivity index (χ4v) is 2.18. The minimum absolute atomic E-state index is 0.544. The molecule has 0 aliphatic carbocycles. The van der Waals surface area contributed by atoms with Gasteiger partial charge in [0.15, 0.2) is 0 Å². The molecule has 3 aromatic rings. The Morgan fingerprint density at radius 3 is 2.82 bits per heavy atom. The molecule has 84 valence electrons. The van der Waals surface area contributed by atoms with Crippen molar-refractivity contribution < 1.29 is 0 Å². The summed E-state index contributed by atoms with van der Waals surface area (Å²) < 4.78 is 1.88. The molecule has 1 heterocycles. The third kappa shape index (κ3) is 1.81. The molecule has 2 aromatic carbocycles. The summed E-state index contributed by atoms with van der Waals surface area (Å²) in [6.45, 7) is 0. The van der Waals surface area contributed by atoms with Gasteiger partial charge in [0.25, 0.3) is 0 Å². The molecule has 0 N–H and O–H groups in total. The zero-order chi connectivity index (χ0) is 11.7. The van der Waals surface area contributed by atoms with E-state index in [-0.39, 0.29) is 0 Å². The number of hydrogen-bond acceptors (Lipinski definition) is 1. The maximum Gasteiger partial charge on any atom is 0.0723 e. The number of aromatic nitrogens is 2. The van der Waals surface area contributed by atoms with Gasteiger partial charge in [0.2, 0.25) is 0 Å². The fourth-order valence-electron chi connectivity index (χ4n) is 2.01. The fraction of sp³-hybridized carbons (Fsp3) is 0.0714. The smallest absolute Gasteiger partial charge is 0.0723 e. The Balaban J connectivity index is 2.27. The highest BCUT2D eigenvalue weighted by molar-refractivity contribution is 6.17. The van der Waals surface area contributed by atoms with Crippen LogP contribution in [0.1, 0.15) is 5.56 Å². The van der Waals surface area contributed by atoms with Crippen molar-refractivity contribution in [3.8, 4) is 5.69 Å². The molecule has 0 saturated carbocycles. The zero-order valence-electron chi connectivity index (χ0n) is 9.18. The molecule has 2 nitrogen and oxygen atoms in total. The van der Waals surface area contributed by atoms with Crippen LogP contribution in [0.4, 0.5) is 0 Å². The molecule has 0 spiro atoms. The number of fused-ring (bicyclic) bond motifs is 1. The van der Waals surface area contributed by atoms with Crippen LogP contribution in [-0.4, -0.2) is 9.78 Å². The van der Waals surface area contributed by atoms with E-state index in [1.165, 1.54) is 10.8 Å². The molecule has 17 heavy (non-hydrogen) atoms. The average Bonchev–Trinajstić information content (AvgIpc) is 2.91. The third-order valence-corrected chi connectivity index (χ3v) is 3.14. The number of nitrogens with zero attached hydrogens (tertiary/aromatic N) is 2. The molecular weight excluding hydrogens is 232 g/mol. The van der Waals surface area contributed by atoms with E-state index in [2.05, 4.69) is 35.4 Å². The second kappa shape index (κ2) is 4.22. The molecule has 1 aromatic heterocycles. The monoisotopic (exact) mass is 242 g/mol. The molecule has 0 amide bonds. The van der Waals surface area contributed by atoms with E-state index in [1.54, 1.807) is 6.20 Å². The number of hydrogen-bond donors (Lipinski definition) is 0. The lowest BCUT2D eigenvalue weighted by molar-refractivity contribution is 0.888. The van der Waals surface area contributed by atoms with Gasteiger partial charge in [0, 0.05) is 23.7 Å². The lowest BCUT2D eigenvalue weighted by atomic mass is 10.1. The van der Waals surface area contributed by atoms with Gasteiger partial charge in [-0.3, -0.25) is 0 Å². The highest BCUT2D eigenvalue weighted by Gasteiger charge is 2.03. The van der Waals surface area contributed by atoms with Crippen LogP contribution >= 0.6 is 11.6 Å². The number of benzene rings is 2. The van der Waals surface area contributed by atoms with Crippen LogP contribution in [0, 0.1) is 0 Å². The number of halogens is 1. The second-order valence-corrected chi connectivity index (χ2v) is 4.18. The van der Waals surface area contributed by atoms with Gasteiger partial charge in [-0.05, 0) is 29.1 Å². The molecule has 0 atom stereocenters. The van der Waals surface area contributed by atoms with Crippen LogP contribution in [0.2, 0.25) is 0 Å². The van der Waals surface area contributed by atoms with Crippen molar-refractivity contribution in [3.63, 3.8) is 0 Å². The molecule has 0 aliphatic rings. The lowest BCUT2D eigenvalue weighted by Gasteiger charge is -2.07. The number of rotatable bonds is 2. The standard InChI is InChI=1S/C14H11ClN2/c15-10-11-5-6-13-12(9-11)3-1-4-14(13)17-8-2-7-16-17/h1-9H,10H2. The topological polar surface area (TPSA) is 17.8 Å². The number of alkyl halides is 1. The Morgan fingerprint density at radius 1 is 1.12 bits per heavy atom. The van der Waals surface area contributed by atoms with Crippen molar-refractivity contribution in [3.05, 3.63) is 60.4 Å². The Hall–Kier alpha value is -1.80. The van der Waals surface area contributed by atoms with Crippen molar-refractivity contribution in [1.82, 2.24) is 9.78 Å². The Kier molecular flexibility index (Phi) is 2.57. The summed E-state index contributed by atoms with van der Waals surface area (Å²) >= 11 is 5.85.